The molecule has 3 rings (SSSR count). The van der Waals surface area contributed by atoms with Crippen LogP contribution in [0.1, 0.15) is 58.9 Å². The molecule has 0 aliphatic carbocycles. The molecular formula is C27H30F3N3O2. The van der Waals surface area contributed by atoms with Crippen molar-refractivity contribution in [3.63, 3.8) is 0 Å². The number of hydrogen-bond donors (Lipinski definition) is 2. The molecule has 2 aromatic carbocycles. The third-order valence-corrected chi connectivity index (χ3v) is 5.79. The van der Waals surface area contributed by atoms with Crippen LogP contribution in [0.15, 0.2) is 60.8 Å². The Morgan fingerprint density at radius 3 is 2.34 bits per heavy atom. The summed E-state index contributed by atoms with van der Waals surface area (Å²) in [5, 5.41) is 4.89. The Kier molecular flexibility index (Phi) is 8.38. The second kappa shape index (κ2) is 11.3. The van der Waals surface area contributed by atoms with Crippen LogP contribution in [0.25, 0.3) is 0 Å². The number of hydrogen-bond acceptors (Lipinski definition) is 2. The zero-order valence-electron chi connectivity index (χ0n) is 20.1. The first-order chi connectivity index (χ1) is 16.6. The minimum absolute atomic E-state index is 0.0100. The second-order valence-electron chi connectivity index (χ2n) is 8.73. The van der Waals surface area contributed by atoms with E-state index in [4.69, 9.17) is 0 Å². The zero-order valence-corrected chi connectivity index (χ0v) is 20.1. The van der Waals surface area contributed by atoms with Crippen molar-refractivity contribution in [2.75, 3.05) is 12.4 Å². The highest BCUT2D eigenvalue weighted by atomic mass is 19.4. The fourth-order valence-corrected chi connectivity index (χ4v) is 4.13. The van der Waals surface area contributed by atoms with Gasteiger partial charge in [-0.1, -0.05) is 50.2 Å². The molecule has 0 aliphatic rings. The van der Waals surface area contributed by atoms with E-state index in [0.717, 1.165) is 24.6 Å². The summed E-state index contributed by atoms with van der Waals surface area (Å²) in [7, 11) is 1.45. The SMILES string of the molecule is CNC(=O)Cc1ccc(C(F)(F)F)c(NC(=O)c2ccn(CCCc3ccccc3)c2C(C)C)c1. The lowest BCUT2D eigenvalue weighted by atomic mass is 10.0. The quantitative estimate of drug-likeness (QED) is 0.402. The number of carbonyl (C=O) groups is 2. The molecule has 0 radical (unpaired) electrons. The summed E-state index contributed by atoms with van der Waals surface area (Å²) in [6.07, 6.45) is -1.20. The number of halogens is 3. The Bertz CT molecular complexity index is 1170. The summed E-state index contributed by atoms with van der Waals surface area (Å²) in [5.41, 5.74) is 1.38. The number of aryl methyl sites for hydroxylation is 2. The van der Waals surface area contributed by atoms with Crippen LogP contribution in [0.3, 0.4) is 0 Å². The van der Waals surface area contributed by atoms with E-state index < -0.39 is 17.6 Å². The second-order valence-corrected chi connectivity index (χ2v) is 8.73. The zero-order chi connectivity index (χ0) is 25.6. The first-order valence-electron chi connectivity index (χ1n) is 11.5. The third-order valence-electron chi connectivity index (χ3n) is 5.79. The van der Waals surface area contributed by atoms with Gasteiger partial charge < -0.3 is 15.2 Å². The standard InChI is InChI=1S/C27H30F3N3O2/c1-18(2)25-21(13-15-33(25)14-7-10-19-8-5-4-6-9-19)26(35)32-23-16-20(17-24(34)31-3)11-12-22(23)27(28,29)30/h4-6,8-9,11-13,15-16,18H,7,10,14,17H2,1-3H3,(H,31,34)(H,32,35). The summed E-state index contributed by atoms with van der Waals surface area (Å²) in [6, 6.07) is 15.1. The number of amides is 2. The van der Waals surface area contributed by atoms with Crippen LogP contribution in [0.4, 0.5) is 18.9 Å². The van der Waals surface area contributed by atoms with Gasteiger partial charge in [-0.3, -0.25) is 9.59 Å². The highest BCUT2D eigenvalue weighted by Gasteiger charge is 2.34. The summed E-state index contributed by atoms with van der Waals surface area (Å²) in [4.78, 5) is 24.8. The third kappa shape index (κ3) is 6.74. The summed E-state index contributed by atoms with van der Waals surface area (Å²) in [5.74, 6) is -0.959. The Labute approximate surface area is 203 Å². The average molecular weight is 486 g/mol. The summed E-state index contributed by atoms with van der Waals surface area (Å²) in [6.45, 7) is 4.58. The molecule has 0 unspecified atom stereocenters. The summed E-state index contributed by atoms with van der Waals surface area (Å²) < 4.78 is 42.8. The molecule has 0 saturated carbocycles. The molecule has 2 N–H and O–H groups in total. The molecule has 8 heteroatoms. The number of alkyl halides is 3. The van der Waals surface area contributed by atoms with Crippen molar-refractivity contribution in [3.05, 3.63) is 88.7 Å². The van der Waals surface area contributed by atoms with Crippen LogP contribution >= 0.6 is 0 Å². The topological polar surface area (TPSA) is 63.1 Å². The van der Waals surface area contributed by atoms with Crippen LogP contribution in [0.2, 0.25) is 0 Å². The number of benzene rings is 2. The van der Waals surface area contributed by atoms with Crippen molar-refractivity contribution in [2.24, 2.45) is 0 Å². The van der Waals surface area contributed by atoms with Gasteiger partial charge in [-0.05, 0) is 48.1 Å². The molecule has 0 atom stereocenters. The molecule has 5 nitrogen and oxygen atoms in total. The van der Waals surface area contributed by atoms with E-state index in [1.807, 2.05) is 42.8 Å². The lowest BCUT2D eigenvalue weighted by Crippen LogP contribution is -2.21. The van der Waals surface area contributed by atoms with Gasteiger partial charge in [0.2, 0.25) is 5.91 Å². The van der Waals surface area contributed by atoms with E-state index >= 15 is 0 Å². The van der Waals surface area contributed by atoms with E-state index in [2.05, 4.69) is 22.8 Å². The Morgan fingerprint density at radius 1 is 1.00 bits per heavy atom. The Morgan fingerprint density at radius 2 is 1.71 bits per heavy atom. The van der Waals surface area contributed by atoms with Crippen molar-refractivity contribution in [1.29, 1.82) is 0 Å². The van der Waals surface area contributed by atoms with E-state index in [9.17, 15) is 22.8 Å². The van der Waals surface area contributed by atoms with Gasteiger partial charge in [-0.15, -0.1) is 0 Å². The molecule has 0 bridgehead atoms. The number of anilines is 1. The van der Waals surface area contributed by atoms with Gasteiger partial charge in [0.25, 0.3) is 5.91 Å². The maximum absolute atomic E-state index is 13.6. The number of carbonyl (C=O) groups excluding carboxylic acids is 2. The first-order valence-corrected chi connectivity index (χ1v) is 11.5. The van der Waals surface area contributed by atoms with Crippen molar-refractivity contribution < 1.29 is 22.8 Å². The first kappa shape index (κ1) is 26.1. The lowest BCUT2D eigenvalue weighted by molar-refractivity contribution is -0.136. The smallest absolute Gasteiger partial charge is 0.359 e. The molecule has 2 amide bonds. The molecule has 0 fully saturated rings. The van der Waals surface area contributed by atoms with Gasteiger partial charge in [0.05, 0.1) is 23.2 Å². The monoisotopic (exact) mass is 485 g/mol. The molecule has 35 heavy (non-hydrogen) atoms. The summed E-state index contributed by atoms with van der Waals surface area (Å²) >= 11 is 0. The number of aromatic nitrogens is 1. The van der Waals surface area contributed by atoms with Gasteiger partial charge in [-0.25, -0.2) is 0 Å². The van der Waals surface area contributed by atoms with Crippen molar-refractivity contribution in [3.8, 4) is 0 Å². The minimum atomic E-state index is -4.65. The van der Waals surface area contributed by atoms with E-state index in [1.165, 1.54) is 24.7 Å². The highest BCUT2D eigenvalue weighted by Crippen LogP contribution is 2.36. The molecule has 3 aromatic rings. The van der Waals surface area contributed by atoms with Crippen LogP contribution in [0.5, 0.6) is 0 Å². The van der Waals surface area contributed by atoms with Crippen molar-refractivity contribution in [2.45, 2.75) is 51.7 Å². The Hall–Kier alpha value is -3.55. The highest BCUT2D eigenvalue weighted by molar-refractivity contribution is 6.05. The van der Waals surface area contributed by atoms with E-state index in [-0.39, 0.29) is 23.9 Å². The fourth-order valence-electron chi connectivity index (χ4n) is 4.13. The van der Waals surface area contributed by atoms with Gasteiger partial charge >= 0.3 is 6.18 Å². The van der Waals surface area contributed by atoms with Crippen molar-refractivity contribution in [1.82, 2.24) is 9.88 Å². The van der Waals surface area contributed by atoms with E-state index in [0.29, 0.717) is 17.7 Å². The maximum Gasteiger partial charge on any atom is 0.418 e. The molecule has 1 aromatic heterocycles. The molecule has 186 valence electrons. The number of nitrogens with one attached hydrogen (secondary N) is 2. The largest absolute Gasteiger partial charge is 0.418 e. The average Bonchev–Trinajstić information content (AvgIpc) is 3.23. The number of rotatable bonds is 9. The maximum atomic E-state index is 13.6. The Balaban J connectivity index is 1.83. The van der Waals surface area contributed by atoms with Gasteiger partial charge in [0, 0.05) is 25.5 Å². The van der Waals surface area contributed by atoms with Crippen LogP contribution < -0.4 is 10.6 Å². The van der Waals surface area contributed by atoms with E-state index in [1.54, 1.807) is 6.07 Å². The van der Waals surface area contributed by atoms with Crippen LogP contribution in [-0.2, 0) is 30.4 Å². The molecule has 1 heterocycles. The number of nitrogens with zero attached hydrogens (tertiary/aromatic N) is 1. The molecular weight excluding hydrogens is 455 g/mol. The van der Waals surface area contributed by atoms with Gasteiger partial charge in [0.15, 0.2) is 0 Å². The molecule has 0 saturated heterocycles. The minimum Gasteiger partial charge on any atom is -0.359 e. The van der Waals surface area contributed by atoms with Crippen molar-refractivity contribution >= 4 is 17.5 Å². The predicted octanol–water partition coefficient (Wildman–Crippen LogP) is 5.80. The van der Waals surface area contributed by atoms with Crippen LogP contribution in [-0.4, -0.2) is 23.4 Å². The normalized spacial score (nSPS) is 11.5. The van der Waals surface area contributed by atoms with Gasteiger partial charge in [-0.2, -0.15) is 13.2 Å². The predicted molar refractivity (Wildman–Crippen MR) is 130 cm³/mol. The van der Waals surface area contributed by atoms with Crippen LogP contribution in [0, 0.1) is 0 Å². The fraction of sp³-hybridized carbons (Fsp3) is 0.333. The molecule has 0 spiro atoms. The lowest BCUT2D eigenvalue weighted by Gasteiger charge is -2.17. The van der Waals surface area contributed by atoms with Gasteiger partial charge in [0.1, 0.15) is 0 Å². The number of likely N-dealkylation sites (N-methyl/N-ethyl adjacent to an activating group) is 1. The molecule has 0 aliphatic heterocycles.